The first-order chi connectivity index (χ1) is 9.35. The molecule has 0 bridgehead atoms. The first-order valence-corrected chi connectivity index (χ1v) is 6.03. The van der Waals surface area contributed by atoms with Gasteiger partial charge in [-0.05, 0) is 35.9 Å². The fourth-order valence-corrected chi connectivity index (χ4v) is 1.95. The van der Waals surface area contributed by atoms with E-state index in [-0.39, 0.29) is 0 Å². The predicted octanol–water partition coefficient (Wildman–Crippen LogP) is 2.76. The molecule has 1 heterocycles. The Morgan fingerprint density at radius 1 is 1.11 bits per heavy atom. The molecule has 0 aliphatic carbocycles. The van der Waals surface area contributed by atoms with Crippen LogP contribution in [0.25, 0.3) is 0 Å². The van der Waals surface area contributed by atoms with Crippen LogP contribution in [0, 0.1) is 11.3 Å². The third-order valence-electron chi connectivity index (χ3n) is 2.95. The van der Waals surface area contributed by atoms with Crippen molar-refractivity contribution in [1.29, 1.82) is 5.26 Å². The maximum absolute atomic E-state index is 8.75. The second kappa shape index (κ2) is 4.83. The van der Waals surface area contributed by atoms with Crippen LogP contribution in [0.1, 0.15) is 11.1 Å². The third-order valence-corrected chi connectivity index (χ3v) is 2.95. The van der Waals surface area contributed by atoms with Crippen molar-refractivity contribution in [2.45, 2.75) is 6.54 Å². The summed E-state index contributed by atoms with van der Waals surface area (Å²) in [6.45, 7) is 0.762. The van der Waals surface area contributed by atoms with Crippen molar-refractivity contribution in [2.75, 3.05) is 5.32 Å². The summed E-state index contributed by atoms with van der Waals surface area (Å²) in [5, 5.41) is 15.2. The monoisotopic (exact) mass is 248 g/mol. The maximum Gasteiger partial charge on any atom is 0.201 e. The summed E-state index contributed by atoms with van der Waals surface area (Å²) in [6.07, 6.45) is 0. The zero-order chi connectivity index (χ0) is 13.1. The van der Waals surface area contributed by atoms with Gasteiger partial charge in [0.2, 0.25) is 5.96 Å². The summed E-state index contributed by atoms with van der Waals surface area (Å²) in [6, 6.07) is 17.4. The molecule has 0 amide bonds. The van der Waals surface area contributed by atoms with Gasteiger partial charge in [-0.15, -0.1) is 0 Å². The number of aliphatic imine (C=N–C) groups is 1. The summed E-state index contributed by atoms with van der Waals surface area (Å²) in [5.41, 5.74) is 3.73. The number of hydrogen-bond acceptors (Lipinski definition) is 4. The number of nitrogens with one attached hydrogen (secondary N) is 2. The molecule has 1 aliphatic heterocycles. The van der Waals surface area contributed by atoms with Gasteiger partial charge in [0, 0.05) is 12.2 Å². The molecule has 0 saturated carbocycles. The number of hydrogen-bond donors (Lipinski definition) is 2. The molecule has 0 unspecified atom stereocenters. The van der Waals surface area contributed by atoms with E-state index in [1.165, 1.54) is 5.56 Å². The number of anilines is 1. The predicted molar refractivity (Wildman–Crippen MR) is 75.2 cm³/mol. The highest BCUT2D eigenvalue weighted by Crippen LogP contribution is 2.21. The molecule has 4 heteroatoms. The molecule has 3 rings (SSSR count). The summed E-state index contributed by atoms with van der Waals surface area (Å²) < 4.78 is 0. The van der Waals surface area contributed by atoms with Gasteiger partial charge >= 0.3 is 0 Å². The average molecular weight is 248 g/mol. The summed E-state index contributed by atoms with van der Waals surface area (Å²) in [7, 11) is 0. The summed E-state index contributed by atoms with van der Waals surface area (Å²) >= 11 is 0. The van der Waals surface area contributed by atoms with E-state index in [4.69, 9.17) is 5.26 Å². The molecule has 2 aromatic carbocycles. The summed E-state index contributed by atoms with van der Waals surface area (Å²) in [5.74, 6) is 0.725. The molecule has 4 nitrogen and oxygen atoms in total. The van der Waals surface area contributed by atoms with Gasteiger partial charge in [0.25, 0.3) is 0 Å². The minimum Gasteiger partial charge on any atom is -0.352 e. The second-order valence-electron chi connectivity index (χ2n) is 4.26. The Morgan fingerprint density at radius 3 is 2.68 bits per heavy atom. The van der Waals surface area contributed by atoms with Crippen LogP contribution in [0.5, 0.6) is 0 Å². The van der Waals surface area contributed by atoms with E-state index in [9.17, 15) is 0 Å². The molecule has 0 aromatic heterocycles. The maximum atomic E-state index is 8.75. The highest BCUT2D eigenvalue weighted by molar-refractivity contribution is 5.96. The van der Waals surface area contributed by atoms with E-state index >= 15 is 0 Å². The van der Waals surface area contributed by atoms with Crippen LogP contribution in [0.4, 0.5) is 11.4 Å². The van der Waals surface area contributed by atoms with Gasteiger partial charge in [-0.25, -0.2) is 4.99 Å². The van der Waals surface area contributed by atoms with Crippen molar-refractivity contribution in [2.24, 2.45) is 4.99 Å². The van der Waals surface area contributed by atoms with E-state index in [0.717, 1.165) is 23.9 Å². The molecule has 2 aromatic rings. The zero-order valence-electron chi connectivity index (χ0n) is 10.2. The average Bonchev–Trinajstić information content (AvgIpc) is 2.48. The fourth-order valence-electron chi connectivity index (χ4n) is 1.95. The van der Waals surface area contributed by atoms with E-state index in [1.54, 1.807) is 12.1 Å². The molecule has 1 aliphatic rings. The van der Waals surface area contributed by atoms with Crippen LogP contribution < -0.4 is 10.6 Å². The van der Waals surface area contributed by atoms with Gasteiger partial charge in [-0.1, -0.05) is 18.2 Å². The lowest BCUT2D eigenvalue weighted by Gasteiger charge is -2.18. The lowest BCUT2D eigenvalue weighted by Crippen LogP contribution is -2.32. The van der Waals surface area contributed by atoms with Gasteiger partial charge in [0.15, 0.2) is 0 Å². The highest BCUT2D eigenvalue weighted by Gasteiger charge is 2.10. The number of fused-ring (bicyclic) bond motifs is 1. The molecular formula is C15H12N4. The minimum atomic E-state index is 0.648. The molecule has 0 saturated heterocycles. The number of rotatable bonds is 1. The zero-order valence-corrected chi connectivity index (χ0v) is 10.2. The van der Waals surface area contributed by atoms with Gasteiger partial charge < -0.3 is 10.6 Å². The smallest absolute Gasteiger partial charge is 0.201 e. The summed E-state index contributed by atoms with van der Waals surface area (Å²) in [4.78, 5) is 4.51. The Bertz CT molecular complexity index is 665. The molecule has 0 spiro atoms. The SMILES string of the molecule is N#Cc1ccc(NC2=Nc3ccccc3CN2)cc1. The van der Waals surface area contributed by atoms with Crippen LogP contribution in [-0.2, 0) is 6.54 Å². The number of benzene rings is 2. The Labute approximate surface area is 111 Å². The van der Waals surface area contributed by atoms with Crippen LogP contribution in [-0.4, -0.2) is 5.96 Å². The van der Waals surface area contributed by atoms with E-state index < -0.39 is 0 Å². The Hall–Kier alpha value is -2.80. The molecule has 0 atom stereocenters. The van der Waals surface area contributed by atoms with Gasteiger partial charge in [0.1, 0.15) is 0 Å². The van der Waals surface area contributed by atoms with Gasteiger partial charge in [-0.3, -0.25) is 0 Å². The van der Waals surface area contributed by atoms with Crippen LogP contribution in [0.3, 0.4) is 0 Å². The number of nitriles is 1. The first kappa shape index (κ1) is 11.3. The third kappa shape index (κ3) is 2.40. The largest absolute Gasteiger partial charge is 0.352 e. The van der Waals surface area contributed by atoms with Gasteiger partial charge in [-0.2, -0.15) is 5.26 Å². The van der Waals surface area contributed by atoms with Crippen molar-refractivity contribution in [1.82, 2.24) is 5.32 Å². The van der Waals surface area contributed by atoms with Crippen molar-refractivity contribution < 1.29 is 0 Å². The van der Waals surface area contributed by atoms with E-state index in [2.05, 4.69) is 27.8 Å². The fraction of sp³-hybridized carbons (Fsp3) is 0.0667. The molecule has 0 fully saturated rings. The van der Waals surface area contributed by atoms with Crippen molar-refractivity contribution in [3.8, 4) is 6.07 Å². The van der Waals surface area contributed by atoms with Crippen molar-refractivity contribution >= 4 is 17.3 Å². The second-order valence-corrected chi connectivity index (χ2v) is 4.26. The molecule has 2 N–H and O–H groups in total. The quantitative estimate of drug-likeness (QED) is 0.815. The standard InChI is InChI=1S/C15H12N4/c16-9-11-5-7-13(8-6-11)18-15-17-10-12-3-1-2-4-14(12)19-15/h1-8H,10H2,(H2,17,18,19). The lowest BCUT2D eigenvalue weighted by atomic mass is 10.1. The molecular weight excluding hydrogens is 236 g/mol. The van der Waals surface area contributed by atoms with Crippen LogP contribution in [0.15, 0.2) is 53.5 Å². The highest BCUT2D eigenvalue weighted by atomic mass is 15.2. The molecule has 92 valence electrons. The topological polar surface area (TPSA) is 60.2 Å². The normalized spacial score (nSPS) is 12.7. The van der Waals surface area contributed by atoms with Crippen molar-refractivity contribution in [3.63, 3.8) is 0 Å². The van der Waals surface area contributed by atoms with Crippen molar-refractivity contribution in [3.05, 3.63) is 59.7 Å². The molecule has 0 radical (unpaired) electrons. The van der Waals surface area contributed by atoms with E-state index in [1.807, 2.05) is 30.3 Å². The van der Waals surface area contributed by atoms with E-state index in [0.29, 0.717) is 5.56 Å². The van der Waals surface area contributed by atoms with Crippen LogP contribution >= 0.6 is 0 Å². The number of guanidine groups is 1. The first-order valence-electron chi connectivity index (χ1n) is 6.03. The lowest BCUT2D eigenvalue weighted by molar-refractivity contribution is 0.889. The minimum absolute atomic E-state index is 0.648. The number of para-hydroxylation sites is 1. The van der Waals surface area contributed by atoms with Crippen LogP contribution in [0.2, 0.25) is 0 Å². The number of nitrogens with zero attached hydrogens (tertiary/aromatic N) is 2. The Morgan fingerprint density at radius 2 is 1.89 bits per heavy atom. The molecule has 19 heavy (non-hydrogen) atoms. The Kier molecular flexibility index (Phi) is 2.87. The van der Waals surface area contributed by atoms with Gasteiger partial charge in [0.05, 0.1) is 17.3 Å². The Balaban J connectivity index is 1.81.